The van der Waals surface area contributed by atoms with Gasteiger partial charge in [0, 0.05) is 0 Å². The number of hydrogen-bond donors (Lipinski definition) is 1. The number of ether oxygens (including phenoxy) is 3. The minimum Gasteiger partial charge on any atom is -0.491 e. The summed E-state index contributed by atoms with van der Waals surface area (Å²) in [6.45, 7) is 0. The van der Waals surface area contributed by atoms with Crippen molar-refractivity contribution in [2.45, 2.75) is 0 Å². The van der Waals surface area contributed by atoms with Gasteiger partial charge in [0.15, 0.2) is 10.6 Å². The van der Waals surface area contributed by atoms with Gasteiger partial charge >= 0.3 is 5.97 Å². The number of carbonyl (C=O) groups is 1. The molecule has 6 heteroatoms. The van der Waals surface area contributed by atoms with Crippen LogP contribution in [0.5, 0.6) is 16.6 Å². The highest BCUT2D eigenvalue weighted by Gasteiger charge is 2.24. The third-order valence-corrected chi connectivity index (χ3v) is 2.68. The zero-order valence-electron chi connectivity index (χ0n) is 7.99. The molecule has 0 saturated carbocycles. The van der Waals surface area contributed by atoms with E-state index in [2.05, 4.69) is 0 Å². The lowest BCUT2D eigenvalue weighted by molar-refractivity contribution is 0.0698. The van der Waals surface area contributed by atoms with Gasteiger partial charge in [-0.1, -0.05) is 11.3 Å². The van der Waals surface area contributed by atoms with Gasteiger partial charge in [0.05, 0.1) is 21.3 Å². The minimum absolute atomic E-state index is 0.0706. The Labute approximate surface area is 84.8 Å². The first-order chi connectivity index (χ1) is 6.65. The second-order valence-electron chi connectivity index (χ2n) is 2.29. The standard InChI is InChI=1S/C8H10O5S/c1-11-4-5(12-2)8(13-3)14-6(4)7(9)10/h1-3H3,(H,9,10). The lowest BCUT2D eigenvalue weighted by Crippen LogP contribution is -1.96. The van der Waals surface area contributed by atoms with E-state index in [4.69, 9.17) is 19.3 Å². The monoisotopic (exact) mass is 218 g/mol. The van der Waals surface area contributed by atoms with Crippen LogP contribution in [0.1, 0.15) is 9.67 Å². The number of carboxylic acid groups (broad SMARTS) is 1. The minimum atomic E-state index is -1.06. The van der Waals surface area contributed by atoms with E-state index in [0.717, 1.165) is 11.3 Å². The van der Waals surface area contributed by atoms with Crippen LogP contribution in [-0.2, 0) is 0 Å². The van der Waals surface area contributed by atoms with Gasteiger partial charge < -0.3 is 19.3 Å². The zero-order chi connectivity index (χ0) is 10.7. The van der Waals surface area contributed by atoms with Crippen LogP contribution in [0.15, 0.2) is 0 Å². The summed E-state index contributed by atoms with van der Waals surface area (Å²) in [5.41, 5.74) is 0. The van der Waals surface area contributed by atoms with E-state index in [1.165, 1.54) is 21.3 Å². The van der Waals surface area contributed by atoms with E-state index in [9.17, 15) is 4.79 Å². The molecular weight excluding hydrogens is 208 g/mol. The molecule has 0 aliphatic rings. The summed E-state index contributed by atoms with van der Waals surface area (Å²) in [4.78, 5) is 10.9. The zero-order valence-corrected chi connectivity index (χ0v) is 8.80. The second-order valence-corrected chi connectivity index (χ2v) is 3.28. The van der Waals surface area contributed by atoms with E-state index in [0.29, 0.717) is 10.8 Å². The smallest absolute Gasteiger partial charge is 0.350 e. The van der Waals surface area contributed by atoms with Crippen LogP contribution < -0.4 is 14.2 Å². The Hall–Kier alpha value is -1.43. The molecule has 78 valence electrons. The molecule has 14 heavy (non-hydrogen) atoms. The molecule has 0 aliphatic carbocycles. The lowest BCUT2D eigenvalue weighted by atomic mass is 10.4. The Kier molecular flexibility index (Phi) is 3.19. The number of thiophene rings is 1. The quantitative estimate of drug-likeness (QED) is 0.829. The van der Waals surface area contributed by atoms with Crippen molar-refractivity contribution in [1.82, 2.24) is 0 Å². The first kappa shape index (κ1) is 10.6. The topological polar surface area (TPSA) is 65.0 Å². The molecule has 1 rings (SSSR count). The second kappa shape index (κ2) is 4.19. The van der Waals surface area contributed by atoms with Gasteiger partial charge in [-0.15, -0.1) is 0 Å². The van der Waals surface area contributed by atoms with E-state index in [-0.39, 0.29) is 10.6 Å². The Morgan fingerprint density at radius 3 is 2.07 bits per heavy atom. The number of hydrogen-bond acceptors (Lipinski definition) is 5. The van der Waals surface area contributed by atoms with Gasteiger partial charge in [-0.2, -0.15) is 0 Å². The first-order valence-corrected chi connectivity index (χ1v) is 4.49. The molecule has 1 aromatic rings. The molecule has 0 saturated heterocycles. The van der Waals surface area contributed by atoms with Crippen LogP contribution in [0.2, 0.25) is 0 Å². The highest BCUT2D eigenvalue weighted by atomic mass is 32.1. The van der Waals surface area contributed by atoms with Crippen molar-refractivity contribution in [2.24, 2.45) is 0 Å². The van der Waals surface area contributed by atoms with Crippen molar-refractivity contribution in [3.63, 3.8) is 0 Å². The van der Waals surface area contributed by atoms with Crippen LogP contribution in [0.4, 0.5) is 0 Å². The van der Waals surface area contributed by atoms with Crippen LogP contribution in [0.25, 0.3) is 0 Å². The summed E-state index contributed by atoms with van der Waals surface area (Å²) in [5.74, 6) is -0.548. The normalized spacial score (nSPS) is 9.64. The summed E-state index contributed by atoms with van der Waals surface area (Å²) in [6, 6.07) is 0. The molecule has 0 unspecified atom stereocenters. The molecule has 0 aromatic carbocycles. The van der Waals surface area contributed by atoms with Crippen molar-refractivity contribution in [3.05, 3.63) is 4.88 Å². The molecule has 0 spiro atoms. The Morgan fingerprint density at radius 1 is 1.14 bits per heavy atom. The third kappa shape index (κ3) is 1.60. The first-order valence-electron chi connectivity index (χ1n) is 3.67. The average molecular weight is 218 g/mol. The largest absolute Gasteiger partial charge is 0.491 e. The van der Waals surface area contributed by atoms with Gasteiger partial charge in [-0.25, -0.2) is 4.79 Å². The average Bonchev–Trinajstić information content (AvgIpc) is 2.54. The molecule has 0 aliphatic heterocycles. The molecule has 0 amide bonds. The molecule has 1 aromatic heterocycles. The van der Waals surface area contributed by atoms with E-state index in [1.807, 2.05) is 0 Å². The summed E-state index contributed by atoms with van der Waals surface area (Å²) >= 11 is 0.972. The molecule has 0 atom stereocenters. The molecule has 0 fully saturated rings. The number of carboxylic acids is 1. The maximum absolute atomic E-state index is 10.8. The van der Waals surface area contributed by atoms with E-state index >= 15 is 0 Å². The Balaban J connectivity index is 3.31. The Bertz CT molecular complexity index is 344. The highest BCUT2D eigenvalue weighted by molar-refractivity contribution is 7.16. The van der Waals surface area contributed by atoms with Crippen molar-refractivity contribution >= 4 is 17.3 Å². The SMILES string of the molecule is COc1sc(C(=O)O)c(OC)c1OC. The van der Waals surface area contributed by atoms with Crippen molar-refractivity contribution in [3.8, 4) is 16.6 Å². The fourth-order valence-corrected chi connectivity index (χ4v) is 1.91. The maximum Gasteiger partial charge on any atom is 0.350 e. The van der Waals surface area contributed by atoms with Gasteiger partial charge in [-0.3, -0.25) is 0 Å². The van der Waals surface area contributed by atoms with Crippen LogP contribution in [0.3, 0.4) is 0 Å². The molecule has 0 radical (unpaired) electrons. The highest BCUT2D eigenvalue weighted by Crippen LogP contribution is 2.47. The van der Waals surface area contributed by atoms with E-state index in [1.54, 1.807) is 0 Å². The van der Waals surface area contributed by atoms with Gasteiger partial charge in [0.2, 0.25) is 10.8 Å². The molecule has 5 nitrogen and oxygen atoms in total. The number of methoxy groups -OCH3 is 3. The number of rotatable bonds is 4. The maximum atomic E-state index is 10.8. The third-order valence-electron chi connectivity index (χ3n) is 1.58. The fourth-order valence-electron chi connectivity index (χ4n) is 1.02. The van der Waals surface area contributed by atoms with Crippen molar-refractivity contribution < 1.29 is 24.1 Å². The summed E-state index contributed by atoms with van der Waals surface area (Å²) in [7, 11) is 4.26. The predicted octanol–water partition coefficient (Wildman–Crippen LogP) is 1.47. The van der Waals surface area contributed by atoms with E-state index < -0.39 is 5.97 Å². The van der Waals surface area contributed by atoms with Gasteiger partial charge in [0.25, 0.3) is 0 Å². The van der Waals surface area contributed by atoms with Gasteiger partial charge in [0.1, 0.15) is 0 Å². The molecule has 0 bridgehead atoms. The summed E-state index contributed by atoms with van der Waals surface area (Å²) in [5, 5.41) is 9.24. The van der Waals surface area contributed by atoms with Crippen molar-refractivity contribution in [1.29, 1.82) is 0 Å². The van der Waals surface area contributed by atoms with Crippen LogP contribution in [0, 0.1) is 0 Å². The Morgan fingerprint density at radius 2 is 1.71 bits per heavy atom. The lowest BCUT2D eigenvalue weighted by Gasteiger charge is -2.03. The van der Waals surface area contributed by atoms with Crippen LogP contribution >= 0.6 is 11.3 Å². The summed E-state index contributed by atoms with van der Waals surface area (Å²) in [6.07, 6.45) is 0. The fraction of sp³-hybridized carbons (Fsp3) is 0.375. The van der Waals surface area contributed by atoms with Gasteiger partial charge in [-0.05, 0) is 0 Å². The van der Waals surface area contributed by atoms with Crippen molar-refractivity contribution in [2.75, 3.05) is 21.3 Å². The molecule has 1 heterocycles. The molecular formula is C8H10O5S. The molecule has 1 N–H and O–H groups in total. The van der Waals surface area contributed by atoms with Crippen LogP contribution in [-0.4, -0.2) is 32.4 Å². The number of aromatic carboxylic acids is 1. The predicted molar refractivity (Wildman–Crippen MR) is 50.9 cm³/mol. The summed E-state index contributed by atoms with van der Waals surface area (Å²) < 4.78 is 14.9.